The minimum Gasteiger partial charge on any atom is -0.390 e. The molecule has 0 aromatic rings. The van der Waals surface area contributed by atoms with Crippen LogP contribution in [0.4, 0.5) is 0 Å². The highest BCUT2D eigenvalue weighted by Crippen LogP contribution is 2.42. The molecule has 2 aliphatic rings. The molecule has 2 aliphatic heterocycles. The van der Waals surface area contributed by atoms with Gasteiger partial charge in [0.15, 0.2) is 0 Å². The first-order valence-electron chi connectivity index (χ1n) is 7.16. The zero-order valence-corrected chi connectivity index (χ0v) is 12.0. The SMILES string of the molecule is C=C1C[C@@H](O)[C@H](O)[C@@]2(C)CC[C@@H](C(C)C)[C@@H](O)[C@@H]1O2. The molecule has 4 nitrogen and oxygen atoms in total. The molecule has 0 saturated carbocycles. The van der Waals surface area contributed by atoms with Crippen LogP contribution >= 0.6 is 0 Å². The Morgan fingerprint density at radius 3 is 2.53 bits per heavy atom. The van der Waals surface area contributed by atoms with Crippen molar-refractivity contribution in [2.75, 3.05) is 0 Å². The molecule has 0 aromatic heterocycles. The van der Waals surface area contributed by atoms with Crippen LogP contribution in [-0.4, -0.2) is 45.3 Å². The molecular weight excluding hydrogens is 244 g/mol. The summed E-state index contributed by atoms with van der Waals surface area (Å²) >= 11 is 0. The van der Waals surface area contributed by atoms with Crippen LogP contribution in [-0.2, 0) is 4.74 Å². The van der Waals surface area contributed by atoms with Crippen LogP contribution in [0.2, 0.25) is 0 Å². The van der Waals surface area contributed by atoms with Gasteiger partial charge in [0, 0.05) is 0 Å². The van der Waals surface area contributed by atoms with Crippen molar-refractivity contribution in [1.82, 2.24) is 0 Å². The van der Waals surface area contributed by atoms with Gasteiger partial charge in [-0.15, -0.1) is 0 Å². The summed E-state index contributed by atoms with van der Waals surface area (Å²) in [6.07, 6.45) is -1.22. The first-order valence-corrected chi connectivity index (χ1v) is 7.16. The van der Waals surface area contributed by atoms with E-state index in [1.807, 2.05) is 6.92 Å². The standard InChI is InChI=1S/C15H26O4/c1-8(2)10-5-6-15(4)14(18)11(16)7-9(3)13(19-15)12(10)17/h8,10-14,16-18H,3,5-7H2,1-2,4H3/t10-,11+,12+,13+,14-,15+/m0/s1. The highest BCUT2D eigenvalue weighted by molar-refractivity contribution is 5.15. The third-order valence-corrected chi connectivity index (χ3v) is 4.84. The number of aliphatic hydroxyl groups is 3. The summed E-state index contributed by atoms with van der Waals surface area (Å²) < 4.78 is 5.99. The monoisotopic (exact) mass is 270 g/mol. The van der Waals surface area contributed by atoms with Gasteiger partial charge >= 0.3 is 0 Å². The number of hydrogen-bond donors (Lipinski definition) is 3. The Hall–Kier alpha value is -0.420. The fourth-order valence-electron chi connectivity index (χ4n) is 3.44. The van der Waals surface area contributed by atoms with E-state index in [-0.39, 0.29) is 12.3 Å². The molecule has 0 spiro atoms. The van der Waals surface area contributed by atoms with Gasteiger partial charge in [-0.25, -0.2) is 0 Å². The van der Waals surface area contributed by atoms with Crippen LogP contribution in [0.3, 0.4) is 0 Å². The third kappa shape index (κ3) is 2.59. The van der Waals surface area contributed by atoms with E-state index in [1.165, 1.54) is 0 Å². The van der Waals surface area contributed by atoms with Gasteiger partial charge in [-0.2, -0.15) is 0 Å². The maximum atomic E-state index is 10.6. The Bertz CT molecular complexity index is 354. The van der Waals surface area contributed by atoms with Crippen molar-refractivity contribution in [3.05, 3.63) is 12.2 Å². The molecule has 0 unspecified atom stereocenters. The fourth-order valence-corrected chi connectivity index (χ4v) is 3.44. The van der Waals surface area contributed by atoms with Crippen LogP contribution in [0, 0.1) is 11.8 Å². The van der Waals surface area contributed by atoms with Crippen molar-refractivity contribution in [1.29, 1.82) is 0 Å². The molecule has 2 saturated heterocycles. The molecule has 0 aromatic carbocycles. The summed E-state index contributed by atoms with van der Waals surface area (Å²) in [6, 6.07) is 0. The normalized spacial score (nSPS) is 47.9. The summed E-state index contributed by atoms with van der Waals surface area (Å²) in [5.74, 6) is 0.476. The Balaban J connectivity index is 2.36. The number of ether oxygens (including phenoxy) is 1. The molecule has 0 amide bonds. The fraction of sp³-hybridized carbons (Fsp3) is 0.867. The summed E-state index contributed by atoms with van der Waals surface area (Å²) in [7, 11) is 0. The van der Waals surface area contributed by atoms with Gasteiger partial charge < -0.3 is 20.1 Å². The van der Waals surface area contributed by atoms with E-state index in [4.69, 9.17) is 4.74 Å². The molecule has 2 heterocycles. The van der Waals surface area contributed by atoms with Gasteiger partial charge in [0.05, 0.1) is 17.8 Å². The third-order valence-electron chi connectivity index (χ3n) is 4.84. The Kier molecular flexibility index (Phi) is 4.07. The Labute approximate surface area is 115 Å². The molecule has 2 bridgehead atoms. The molecule has 6 atom stereocenters. The predicted octanol–water partition coefficient (Wildman–Crippen LogP) is 1.24. The zero-order chi connectivity index (χ0) is 14.4. The van der Waals surface area contributed by atoms with Crippen LogP contribution in [0.25, 0.3) is 0 Å². The molecule has 3 N–H and O–H groups in total. The number of hydrogen-bond acceptors (Lipinski definition) is 4. The number of rotatable bonds is 1. The van der Waals surface area contributed by atoms with E-state index in [9.17, 15) is 15.3 Å². The average Bonchev–Trinajstić information content (AvgIpc) is 2.50. The molecule has 19 heavy (non-hydrogen) atoms. The highest BCUT2D eigenvalue weighted by Gasteiger charge is 2.49. The van der Waals surface area contributed by atoms with Crippen LogP contribution in [0.15, 0.2) is 12.2 Å². The maximum absolute atomic E-state index is 10.6. The second-order valence-electron chi connectivity index (χ2n) is 6.66. The van der Waals surface area contributed by atoms with Crippen molar-refractivity contribution >= 4 is 0 Å². The van der Waals surface area contributed by atoms with Gasteiger partial charge in [-0.05, 0) is 43.6 Å². The van der Waals surface area contributed by atoms with Crippen molar-refractivity contribution in [2.45, 2.75) is 70.1 Å². The highest BCUT2D eigenvalue weighted by atomic mass is 16.5. The van der Waals surface area contributed by atoms with Crippen LogP contribution in [0.1, 0.15) is 40.0 Å². The summed E-state index contributed by atoms with van der Waals surface area (Å²) in [5.41, 5.74) is -0.135. The van der Waals surface area contributed by atoms with Gasteiger partial charge in [0.2, 0.25) is 0 Å². The maximum Gasteiger partial charge on any atom is 0.109 e. The van der Waals surface area contributed by atoms with Gasteiger partial charge in [0.25, 0.3) is 0 Å². The van der Waals surface area contributed by atoms with Gasteiger partial charge in [0.1, 0.15) is 12.2 Å². The average molecular weight is 270 g/mol. The molecule has 2 fully saturated rings. The van der Waals surface area contributed by atoms with Crippen LogP contribution in [0.5, 0.6) is 0 Å². The quantitative estimate of drug-likeness (QED) is 0.627. The van der Waals surface area contributed by atoms with Gasteiger partial charge in [-0.3, -0.25) is 0 Å². The molecule has 110 valence electrons. The summed E-state index contributed by atoms with van der Waals surface area (Å²) in [6.45, 7) is 9.94. The molecule has 4 heteroatoms. The van der Waals surface area contributed by atoms with E-state index in [1.54, 1.807) is 0 Å². The van der Waals surface area contributed by atoms with E-state index in [2.05, 4.69) is 20.4 Å². The zero-order valence-electron chi connectivity index (χ0n) is 12.0. The summed E-state index contributed by atoms with van der Waals surface area (Å²) in [4.78, 5) is 0. The van der Waals surface area contributed by atoms with Crippen molar-refractivity contribution in [3.63, 3.8) is 0 Å². The lowest BCUT2D eigenvalue weighted by Crippen LogP contribution is -2.48. The van der Waals surface area contributed by atoms with Crippen molar-refractivity contribution in [2.24, 2.45) is 11.8 Å². The van der Waals surface area contributed by atoms with Crippen molar-refractivity contribution < 1.29 is 20.1 Å². The lowest BCUT2D eigenvalue weighted by atomic mass is 9.78. The summed E-state index contributed by atoms with van der Waals surface area (Å²) in [5, 5.41) is 30.9. The topological polar surface area (TPSA) is 69.9 Å². The van der Waals surface area contributed by atoms with E-state index >= 15 is 0 Å². The molecule has 2 rings (SSSR count). The lowest BCUT2D eigenvalue weighted by Gasteiger charge is -2.35. The Morgan fingerprint density at radius 2 is 1.95 bits per heavy atom. The van der Waals surface area contributed by atoms with Crippen molar-refractivity contribution in [3.8, 4) is 0 Å². The second-order valence-corrected chi connectivity index (χ2v) is 6.66. The van der Waals surface area contributed by atoms with E-state index in [0.29, 0.717) is 17.9 Å². The minimum atomic E-state index is -0.938. The van der Waals surface area contributed by atoms with Gasteiger partial charge in [-0.1, -0.05) is 20.4 Å². The Morgan fingerprint density at radius 1 is 1.32 bits per heavy atom. The molecule has 0 aliphatic carbocycles. The van der Waals surface area contributed by atoms with E-state index in [0.717, 1.165) is 6.42 Å². The number of aliphatic hydroxyl groups excluding tert-OH is 3. The number of fused-ring (bicyclic) bond motifs is 2. The smallest absolute Gasteiger partial charge is 0.109 e. The van der Waals surface area contributed by atoms with E-state index < -0.39 is 30.0 Å². The molecule has 0 radical (unpaired) electrons. The largest absolute Gasteiger partial charge is 0.390 e. The van der Waals surface area contributed by atoms with Crippen LogP contribution < -0.4 is 0 Å². The minimum absolute atomic E-state index is 0.131. The predicted molar refractivity (Wildman–Crippen MR) is 72.6 cm³/mol. The first-order chi connectivity index (χ1) is 8.76. The first kappa shape index (κ1) is 15.0. The lowest BCUT2D eigenvalue weighted by molar-refractivity contribution is -0.165. The molecular formula is C15H26O4. The second kappa shape index (κ2) is 5.17.